The number of aliphatic carboxylic acids is 1. The maximum Gasteiger partial charge on any atom is 0.302 e. The van der Waals surface area contributed by atoms with Gasteiger partial charge in [-0.05, 0) is 6.42 Å². The predicted molar refractivity (Wildman–Crippen MR) is 86.4 cm³/mol. The molecule has 0 aromatic carbocycles. The third-order valence-electron chi connectivity index (χ3n) is 3.05. The minimum Gasteiger partial charge on any atom is -0.481 e. The maximum atomic E-state index is 10.5. The summed E-state index contributed by atoms with van der Waals surface area (Å²) in [4.78, 5) is 19.5. The van der Waals surface area contributed by atoms with E-state index in [2.05, 4.69) is 6.92 Å². The summed E-state index contributed by atoms with van der Waals surface area (Å²) < 4.78 is 4.89. The van der Waals surface area contributed by atoms with E-state index in [4.69, 9.17) is 14.6 Å². The molecule has 0 saturated carbocycles. The van der Waals surface area contributed by atoms with Gasteiger partial charge in [0, 0.05) is 13.8 Å². The van der Waals surface area contributed by atoms with Gasteiger partial charge in [-0.3, -0.25) is 9.59 Å². The normalized spacial score (nSPS) is 9.67. The first-order valence-electron chi connectivity index (χ1n) is 8.33. The van der Waals surface area contributed by atoms with Gasteiger partial charge in [0.05, 0.1) is 6.61 Å². The van der Waals surface area contributed by atoms with Crippen LogP contribution >= 0.6 is 0 Å². The van der Waals surface area contributed by atoms with Crippen molar-refractivity contribution in [3.63, 3.8) is 0 Å². The molecule has 0 aliphatic rings. The summed E-state index contributed by atoms with van der Waals surface area (Å²) in [5.41, 5.74) is 0. The molecule has 0 aliphatic carbocycles. The number of unbranched alkanes of at least 4 members (excludes halogenated alkanes) is 10. The second-order valence-corrected chi connectivity index (χ2v) is 5.39. The minimum atomic E-state index is -0.833. The van der Waals surface area contributed by atoms with Gasteiger partial charge in [-0.15, -0.1) is 0 Å². The molecule has 0 bridgehead atoms. The van der Waals surface area contributed by atoms with Gasteiger partial charge in [-0.1, -0.05) is 71.1 Å². The first kappa shape index (κ1) is 22.2. The summed E-state index contributed by atoms with van der Waals surface area (Å²) in [6.07, 6.45) is 14.6. The summed E-state index contributed by atoms with van der Waals surface area (Å²) >= 11 is 0. The minimum absolute atomic E-state index is 0.155. The summed E-state index contributed by atoms with van der Waals surface area (Å²) in [5.74, 6) is -0.989. The van der Waals surface area contributed by atoms with E-state index in [1.165, 1.54) is 71.1 Å². The van der Waals surface area contributed by atoms with Crippen LogP contribution in [0.25, 0.3) is 0 Å². The molecular weight excluding hydrogens is 268 g/mol. The molecule has 0 amide bonds. The van der Waals surface area contributed by atoms with Gasteiger partial charge in [-0.2, -0.15) is 0 Å². The third-order valence-corrected chi connectivity index (χ3v) is 3.05. The Morgan fingerprint density at radius 1 is 0.762 bits per heavy atom. The SMILES string of the molecule is CC(=O)O.CCCCCCCCCCCCCOC(C)=O. The number of carbonyl (C=O) groups excluding carboxylic acids is 1. The Hall–Kier alpha value is -1.06. The fraction of sp³-hybridized carbons (Fsp3) is 0.882. The summed E-state index contributed by atoms with van der Waals surface area (Å²) in [5, 5.41) is 7.42. The summed E-state index contributed by atoms with van der Waals surface area (Å²) in [6.45, 7) is 5.42. The monoisotopic (exact) mass is 302 g/mol. The van der Waals surface area contributed by atoms with Crippen molar-refractivity contribution in [1.29, 1.82) is 0 Å². The average molecular weight is 302 g/mol. The van der Waals surface area contributed by atoms with E-state index in [-0.39, 0.29) is 5.97 Å². The van der Waals surface area contributed by atoms with E-state index in [0.717, 1.165) is 13.3 Å². The number of hydrogen-bond donors (Lipinski definition) is 1. The standard InChI is InChI=1S/C15H30O2.C2H4O2/c1-3-4-5-6-7-8-9-10-11-12-13-14-17-15(2)16;1-2(3)4/h3-14H2,1-2H3;1H3,(H,3,4). The molecule has 1 N–H and O–H groups in total. The molecule has 0 fully saturated rings. The van der Waals surface area contributed by atoms with Crippen LogP contribution in [0.1, 0.15) is 91.4 Å². The topological polar surface area (TPSA) is 63.6 Å². The maximum absolute atomic E-state index is 10.5. The van der Waals surface area contributed by atoms with Crippen molar-refractivity contribution in [2.24, 2.45) is 0 Å². The van der Waals surface area contributed by atoms with E-state index >= 15 is 0 Å². The lowest BCUT2D eigenvalue weighted by molar-refractivity contribution is -0.141. The van der Waals surface area contributed by atoms with Crippen molar-refractivity contribution >= 4 is 11.9 Å². The second kappa shape index (κ2) is 18.9. The molecule has 21 heavy (non-hydrogen) atoms. The number of carboxylic acid groups (broad SMARTS) is 1. The molecule has 0 rings (SSSR count). The molecule has 0 aromatic heterocycles. The molecule has 4 nitrogen and oxygen atoms in total. The van der Waals surface area contributed by atoms with Crippen LogP contribution in [0.3, 0.4) is 0 Å². The highest BCUT2D eigenvalue weighted by Gasteiger charge is 1.94. The van der Waals surface area contributed by atoms with Crippen LogP contribution in [0, 0.1) is 0 Å². The summed E-state index contributed by atoms with van der Waals surface area (Å²) in [6, 6.07) is 0. The number of rotatable bonds is 12. The molecule has 0 heterocycles. The molecule has 0 spiro atoms. The first-order valence-corrected chi connectivity index (χ1v) is 8.33. The molecule has 0 radical (unpaired) electrons. The fourth-order valence-corrected chi connectivity index (χ4v) is 1.98. The van der Waals surface area contributed by atoms with Crippen LogP contribution in [0.2, 0.25) is 0 Å². The molecule has 0 atom stereocenters. The molecule has 0 aromatic rings. The van der Waals surface area contributed by atoms with Crippen molar-refractivity contribution in [1.82, 2.24) is 0 Å². The van der Waals surface area contributed by atoms with E-state index in [9.17, 15) is 4.79 Å². The third kappa shape index (κ3) is 32.5. The van der Waals surface area contributed by atoms with Crippen LogP contribution in [0.5, 0.6) is 0 Å². The van der Waals surface area contributed by atoms with Gasteiger partial charge < -0.3 is 9.84 Å². The molecule has 0 aliphatic heterocycles. The zero-order valence-electron chi connectivity index (χ0n) is 14.2. The van der Waals surface area contributed by atoms with Crippen molar-refractivity contribution < 1.29 is 19.4 Å². The Morgan fingerprint density at radius 2 is 1.10 bits per heavy atom. The van der Waals surface area contributed by atoms with E-state index in [0.29, 0.717) is 6.61 Å². The predicted octanol–water partition coefficient (Wildman–Crippen LogP) is 4.95. The van der Waals surface area contributed by atoms with Gasteiger partial charge in [-0.25, -0.2) is 0 Å². The van der Waals surface area contributed by atoms with E-state index in [1.807, 2.05) is 0 Å². The molecule has 0 saturated heterocycles. The second-order valence-electron chi connectivity index (χ2n) is 5.39. The Labute approximate surface area is 130 Å². The zero-order chi connectivity index (χ0) is 16.3. The lowest BCUT2D eigenvalue weighted by Crippen LogP contribution is -2.00. The van der Waals surface area contributed by atoms with E-state index in [1.54, 1.807) is 0 Å². The Kier molecular flexibility index (Phi) is 20.0. The number of carbonyl (C=O) groups is 2. The quantitative estimate of drug-likeness (QED) is 0.409. The van der Waals surface area contributed by atoms with Crippen molar-refractivity contribution in [2.75, 3.05) is 6.61 Å². The highest BCUT2D eigenvalue weighted by atomic mass is 16.5. The number of carboxylic acids is 1. The van der Waals surface area contributed by atoms with Gasteiger partial charge in [0.2, 0.25) is 0 Å². The van der Waals surface area contributed by atoms with Gasteiger partial charge in [0.15, 0.2) is 0 Å². The fourth-order valence-electron chi connectivity index (χ4n) is 1.98. The van der Waals surface area contributed by atoms with Crippen molar-refractivity contribution in [3.05, 3.63) is 0 Å². The number of hydrogen-bond acceptors (Lipinski definition) is 3. The molecule has 4 heteroatoms. The smallest absolute Gasteiger partial charge is 0.302 e. The molecule has 0 unspecified atom stereocenters. The van der Waals surface area contributed by atoms with Crippen LogP contribution in [-0.4, -0.2) is 23.7 Å². The Balaban J connectivity index is 0. The molecule has 126 valence electrons. The highest BCUT2D eigenvalue weighted by Crippen LogP contribution is 2.11. The lowest BCUT2D eigenvalue weighted by atomic mass is 10.1. The van der Waals surface area contributed by atoms with Gasteiger partial charge in [0.25, 0.3) is 5.97 Å². The van der Waals surface area contributed by atoms with E-state index < -0.39 is 5.97 Å². The Morgan fingerprint density at radius 3 is 1.43 bits per heavy atom. The van der Waals surface area contributed by atoms with Gasteiger partial charge >= 0.3 is 5.97 Å². The van der Waals surface area contributed by atoms with Crippen molar-refractivity contribution in [2.45, 2.75) is 91.4 Å². The summed E-state index contributed by atoms with van der Waals surface area (Å²) in [7, 11) is 0. The van der Waals surface area contributed by atoms with Gasteiger partial charge in [0.1, 0.15) is 0 Å². The zero-order valence-corrected chi connectivity index (χ0v) is 14.2. The van der Waals surface area contributed by atoms with Crippen LogP contribution in [0.4, 0.5) is 0 Å². The number of ether oxygens (including phenoxy) is 1. The first-order chi connectivity index (χ1) is 10.0. The lowest BCUT2D eigenvalue weighted by Gasteiger charge is -2.03. The average Bonchev–Trinajstić information content (AvgIpc) is 2.39. The Bertz CT molecular complexity index is 235. The molecular formula is C17H34O4. The van der Waals surface area contributed by atoms with Crippen LogP contribution in [-0.2, 0) is 14.3 Å². The highest BCUT2D eigenvalue weighted by molar-refractivity contribution is 5.65. The number of esters is 1. The van der Waals surface area contributed by atoms with Crippen LogP contribution < -0.4 is 0 Å². The van der Waals surface area contributed by atoms with Crippen LogP contribution in [0.15, 0.2) is 0 Å². The van der Waals surface area contributed by atoms with Crippen molar-refractivity contribution in [3.8, 4) is 0 Å². The largest absolute Gasteiger partial charge is 0.481 e.